The summed E-state index contributed by atoms with van der Waals surface area (Å²) in [6, 6.07) is 16.5. The van der Waals surface area contributed by atoms with Crippen molar-refractivity contribution in [2.45, 2.75) is 26.8 Å². The molecule has 2 aromatic carbocycles. The fourth-order valence-corrected chi connectivity index (χ4v) is 3.69. The summed E-state index contributed by atoms with van der Waals surface area (Å²) in [7, 11) is 0. The van der Waals surface area contributed by atoms with Gasteiger partial charge in [0.1, 0.15) is 0 Å². The number of anilines is 2. The molecule has 1 aromatic heterocycles. The summed E-state index contributed by atoms with van der Waals surface area (Å²) >= 11 is 0. The van der Waals surface area contributed by atoms with Crippen molar-refractivity contribution in [2.24, 2.45) is 0 Å². The van der Waals surface area contributed by atoms with Gasteiger partial charge in [-0.25, -0.2) is 0 Å². The van der Waals surface area contributed by atoms with Crippen LogP contribution in [-0.4, -0.2) is 17.4 Å². The maximum Gasteiger partial charge on any atom is 0.257 e. The molecule has 0 unspecified atom stereocenters. The van der Waals surface area contributed by atoms with Gasteiger partial charge >= 0.3 is 0 Å². The first-order chi connectivity index (χ1) is 13.1. The second-order valence-electron chi connectivity index (χ2n) is 7.20. The number of carbonyl (C=O) groups is 1. The minimum Gasteiger partial charge on any atom is -0.366 e. The summed E-state index contributed by atoms with van der Waals surface area (Å²) in [5.74, 6) is -0.133. The molecule has 4 heteroatoms. The quantitative estimate of drug-likeness (QED) is 0.750. The van der Waals surface area contributed by atoms with Gasteiger partial charge < -0.3 is 10.2 Å². The minimum atomic E-state index is -0.133. The van der Waals surface area contributed by atoms with Gasteiger partial charge in [0.05, 0.1) is 17.4 Å². The molecule has 0 radical (unpaired) electrons. The number of nitrogens with zero attached hydrogens (tertiary/aromatic N) is 2. The molecule has 136 valence electrons. The molecule has 1 aliphatic heterocycles. The number of hydrogen-bond acceptors (Lipinski definition) is 3. The molecule has 0 bridgehead atoms. The molecule has 1 N–H and O–H groups in total. The van der Waals surface area contributed by atoms with Crippen LogP contribution >= 0.6 is 0 Å². The number of rotatable bonds is 3. The van der Waals surface area contributed by atoms with Crippen molar-refractivity contribution >= 4 is 17.3 Å². The summed E-state index contributed by atoms with van der Waals surface area (Å²) in [4.78, 5) is 19.3. The zero-order chi connectivity index (χ0) is 18.8. The average molecular weight is 357 g/mol. The number of nitrogens with one attached hydrogen (secondary N) is 1. The Morgan fingerprint density at radius 2 is 1.74 bits per heavy atom. The molecule has 1 aliphatic rings. The van der Waals surface area contributed by atoms with Crippen molar-refractivity contribution in [1.29, 1.82) is 0 Å². The van der Waals surface area contributed by atoms with E-state index >= 15 is 0 Å². The van der Waals surface area contributed by atoms with Gasteiger partial charge in [0, 0.05) is 25.0 Å². The van der Waals surface area contributed by atoms with Crippen LogP contribution in [0.4, 0.5) is 11.4 Å². The van der Waals surface area contributed by atoms with Crippen LogP contribution in [-0.2, 0) is 13.0 Å². The fourth-order valence-electron chi connectivity index (χ4n) is 3.69. The zero-order valence-corrected chi connectivity index (χ0v) is 15.7. The molecule has 0 spiro atoms. The maximum atomic E-state index is 12.7. The Kier molecular flexibility index (Phi) is 4.63. The van der Waals surface area contributed by atoms with Crippen LogP contribution < -0.4 is 10.2 Å². The van der Waals surface area contributed by atoms with E-state index in [2.05, 4.69) is 45.5 Å². The van der Waals surface area contributed by atoms with E-state index in [1.165, 1.54) is 11.1 Å². The van der Waals surface area contributed by atoms with E-state index < -0.39 is 0 Å². The Labute approximate surface area is 159 Å². The molecule has 1 amide bonds. The molecule has 0 aliphatic carbocycles. The Balaban J connectivity index is 1.53. The van der Waals surface area contributed by atoms with Crippen molar-refractivity contribution in [3.8, 4) is 0 Å². The van der Waals surface area contributed by atoms with Crippen molar-refractivity contribution < 1.29 is 4.79 Å². The summed E-state index contributed by atoms with van der Waals surface area (Å²) in [5.41, 5.74) is 7.38. The lowest BCUT2D eigenvalue weighted by Crippen LogP contribution is -2.30. The normalized spacial score (nSPS) is 13.2. The predicted molar refractivity (Wildman–Crippen MR) is 109 cm³/mol. The summed E-state index contributed by atoms with van der Waals surface area (Å²) in [5, 5.41) is 2.99. The second kappa shape index (κ2) is 7.23. The van der Waals surface area contributed by atoms with Gasteiger partial charge in [-0.1, -0.05) is 30.3 Å². The molecule has 0 fully saturated rings. The van der Waals surface area contributed by atoms with Gasteiger partial charge in [0.2, 0.25) is 0 Å². The first-order valence-electron chi connectivity index (χ1n) is 9.25. The highest BCUT2D eigenvalue weighted by atomic mass is 16.1. The summed E-state index contributed by atoms with van der Waals surface area (Å²) in [6.07, 6.45) is 4.47. The Bertz CT molecular complexity index is 976. The van der Waals surface area contributed by atoms with E-state index in [1.807, 2.05) is 38.2 Å². The molecule has 0 saturated heterocycles. The highest BCUT2D eigenvalue weighted by Gasteiger charge is 2.17. The number of amides is 1. The molecular weight excluding hydrogens is 334 g/mol. The van der Waals surface area contributed by atoms with Gasteiger partial charge in [-0.15, -0.1) is 0 Å². The molecule has 2 heterocycles. The summed E-state index contributed by atoms with van der Waals surface area (Å²) in [6.45, 7) is 5.83. The van der Waals surface area contributed by atoms with Gasteiger partial charge in [-0.05, 0) is 60.7 Å². The number of fused-ring (bicyclic) bond motifs is 1. The van der Waals surface area contributed by atoms with Crippen molar-refractivity contribution in [1.82, 2.24) is 4.98 Å². The van der Waals surface area contributed by atoms with Gasteiger partial charge in [-0.2, -0.15) is 0 Å². The lowest BCUT2D eigenvalue weighted by atomic mass is 9.99. The van der Waals surface area contributed by atoms with E-state index in [4.69, 9.17) is 0 Å². The number of aryl methyl sites for hydroxylation is 2. The van der Waals surface area contributed by atoms with Crippen LogP contribution in [0, 0.1) is 13.8 Å². The maximum absolute atomic E-state index is 12.7. The first kappa shape index (κ1) is 17.3. The Hall–Kier alpha value is -3.14. The van der Waals surface area contributed by atoms with E-state index in [0.717, 1.165) is 42.0 Å². The summed E-state index contributed by atoms with van der Waals surface area (Å²) < 4.78 is 0. The van der Waals surface area contributed by atoms with Crippen LogP contribution in [0.5, 0.6) is 0 Å². The van der Waals surface area contributed by atoms with Crippen LogP contribution in [0.25, 0.3) is 0 Å². The van der Waals surface area contributed by atoms with E-state index in [1.54, 1.807) is 6.20 Å². The van der Waals surface area contributed by atoms with Crippen LogP contribution in [0.3, 0.4) is 0 Å². The van der Waals surface area contributed by atoms with Crippen molar-refractivity contribution in [2.75, 3.05) is 16.8 Å². The molecule has 4 nitrogen and oxygen atoms in total. The molecule has 4 rings (SSSR count). The standard InChI is InChI=1S/C23H23N3O/c1-16-9-17(2)11-21(10-16)25-23(27)20-12-22(14-24-13-20)26-8-7-18-5-3-4-6-19(18)15-26/h3-6,9-14H,7-8,15H2,1-2H3,(H,25,27). The lowest BCUT2D eigenvalue weighted by Gasteiger charge is -2.30. The number of hydrogen-bond donors (Lipinski definition) is 1. The average Bonchev–Trinajstić information content (AvgIpc) is 2.67. The van der Waals surface area contributed by atoms with E-state index in [-0.39, 0.29) is 5.91 Å². The molecule has 27 heavy (non-hydrogen) atoms. The highest BCUT2D eigenvalue weighted by molar-refractivity contribution is 6.04. The van der Waals surface area contributed by atoms with Crippen molar-refractivity contribution in [3.05, 3.63) is 88.7 Å². The van der Waals surface area contributed by atoms with Gasteiger partial charge in [-0.3, -0.25) is 9.78 Å². The third kappa shape index (κ3) is 3.85. The van der Waals surface area contributed by atoms with E-state index in [9.17, 15) is 4.79 Å². The molecule has 3 aromatic rings. The van der Waals surface area contributed by atoms with Gasteiger partial charge in [0.25, 0.3) is 5.91 Å². The number of aromatic nitrogens is 1. The zero-order valence-electron chi connectivity index (χ0n) is 15.7. The van der Waals surface area contributed by atoms with Crippen LogP contribution in [0.2, 0.25) is 0 Å². The molecule has 0 atom stereocenters. The Morgan fingerprint density at radius 1 is 1.00 bits per heavy atom. The predicted octanol–water partition coefficient (Wildman–Crippen LogP) is 4.51. The molecule has 0 saturated carbocycles. The number of benzene rings is 2. The second-order valence-corrected chi connectivity index (χ2v) is 7.20. The largest absolute Gasteiger partial charge is 0.366 e. The van der Waals surface area contributed by atoms with Gasteiger partial charge in [0.15, 0.2) is 0 Å². The third-order valence-corrected chi connectivity index (χ3v) is 4.96. The lowest BCUT2D eigenvalue weighted by molar-refractivity contribution is 0.102. The fraction of sp³-hybridized carbons (Fsp3) is 0.217. The number of carbonyl (C=O) groups excluding carboxylic acids is 1. The minimum absolute atomic E-state index is 0.133. The van der Waals surface area contributed by atoms with Crippen LogP contribution in [0.1, 0.15) is 32.6 Å². The SMILES string of the molecule is Cc1cc(C)cc(NC(=O)c2cncc(N3CCc4ccccc4C3)c2)c1. The topological polar surface area (TPSA) is 45.2 Å². The third-order valence-electron chi connectivity index (χ3n) is 4.96. The smallest absolute Gasteiger partial charge is 0.257 e. The van der Waals surface area contributed by atoms with E-state index in [0.29, 0.717) is 5.56 Å². The van der Waals surface area contributed by atoms with Crippen LogP contribution in [0.15, 0.2) is 60.9 Å². The molecular formula is C23H23N3O. The van der Waals surface area contributed by atoms with Crippen molar-refractivity contribution in [3.63, 3.8) is 0 Å². The number of pyridine rings is 1. The first-order valence-corrected chi connectivity index (χ1v) is 9.25. The monoisotopic (exact) mass is 357 g/mol. The Morgan fingerprint density at radius 3 is 2.52 bits per heavy atom. The highest BCUT2D eigenvalue weighted by Crippen LogP contribution is 2.25.